The van der Waals surface area contributed by atoms with Crippen LogP contribution in [0.4, 0.5) is 11.6 Å². The van der Waals surface area contributed by atoms with Crippen molar-refractivity contribution in [2.24, 2.45) is 0 Å². The summed E-state index contributed by atoms with van der Waals surface area (Å²) >= 11 is 19.1. The Bertz CT molecular complexity index is 1480. The molecule has 0 amide bonds. The average Bonchev–Trinajstić information content (AvgIpc) is 3.31. The minimum Gasteiger partial charge on any atom is -0.494 e. The van der Waals surface area contributed by atoms with E-state index >= 15 is 0 Å². The van der Waals surface area contributed by atoms with Crippen LogP contribution in [-0.2, 0) is 0 Å². The number of benzene rings is 3. The van der Waals surface area contributed by atoms with Gasteiger partial charge in [0.1, 0.15) is 11.6 Å². The molecule has 0 aliphatic carbocycles. The fourth-order valence-electron chi connectivity index (χ4n) is 3.71. The lowest BCUT2D eigenvalue weighted by molar-refractivity contribution is 0.340. The Morgan fingerprint density at radius 2 is 1.58 bits per heavy atom. The van der Waals surface area contributed by atoms with Crippen molar-refractivity contribution in [2.75, 3.05) is 11.9 Å². The van der Waals surface area contributed by atoms with Crippen molar-refractivity contribution in [3.05, 3.63) is 94.1 Å². The third-order valence-electron chi connectivity index (χ3n) is 5.35. The number of imidazole rings is 1. The number of hydrogen-bond acceptors (Lipinski definition) is 5. The zero-order valence-electron chi connectivity index (χ0n) is 19.1. The molecule has 0 spiro atoms. The SMILES string of the molecule is CCOc1ccc(Nc2nccc(-c3[nH]c(-c4c(Cl)cccc4Cl)nc3-c3ccc(Cl)cc3)n2)cc1. The third-order valence-corrected chi connectivity index (χ3v) is 6.24. The van der Waals surface area contributed by atoms with Crippen LogP contribution in [0.3, 0.4) is 0 Å². The standard InChI is InChI=1S/C27H20Cl3N5O/c1-2-36-19-12-10-18(11-13-19)32-27-31-15-14-22(33-27)25-24(16-6-8-17(28)9-7-16)34-26(35-25)23-20(29)4-3-5-21(23)30/h3-15H,2H2,1H3,(H,34,35)(H,31,32,33). The van der Waals surface area contributed by atoms with Crippen LogP contribution in [0.15, 0.2) is 79.0 Å². The molecule has 0 unspecified atom stereocenters. The first-order valence-corrected chi connectivity index (χ1v) is 12.3. The van der Waals surface area contributed by atoms with Gasteiger partial charge in [-0.15, -0.1) is 0 Å². The molecule has 2 N–H and O–H groups in total. The fraction of sp³-hybridized carbons (Fsp3) is 0.0741. The summed E-state index contributed by atoms with van der Waals surface area (Å²) in [5.41, 5.74) is 4.33. The molecule has 180 valence electrons. The molecule has 2 heterocycles. The molecule has 5 aromatic rings. The van der Waals surface area contributed by atoms with Gasteiger partial charge in [0.05, 0.1) is 39.3 Å². The summed E-state index contributed by atoms with van der Waals surface area (Å²) in [5, 5.41) is 4.85. The van der Waals surface area contributed by atoms with Gasteiger partial charge in [0.15, 0.2) is 0 Å². The van der Waals surface area contributed by atoms with Gasteiger partial charge in [-0.1, -0.05) is 53.0 Å². The van der Waals surface area contributed by atoms with Crippen molar-refractivity contribution >= 4 is 46.4 Å². The van der Waals surface area contributed by atoms with Crippen LogP contribution in [0.1, 0.15) is 6.92 Å². The Hall–Kier alpha value is -3.58. The minimum absolute atomic E-state index is 0.436. The smallest absolute Gasteiger partial charge is 0.227 e. The first-order chi connectivity index (χ1) is 17.5. The van der Waals surface area contributed by atoms with E-state index in [1.807, 2.05) is 61.5 Å². The van der Waals surface area contributed by atoms with Crippen molar-refractivity contribution < 1.29 is 4.74 Å². The zero-order valence-corrected chi connectivity index (χ0v) is 21.4. The zero-order chi connectivity index (χ0) is 25.1. The van der Waals surface area contributed by atoms with E-state index in [9.17, 15) is 0 Å². The lowest BCUT2D eigenvalue weighted by atomic mass is 10.1. The van der Waals surface area contributed by atoms with Crippen molar-refractivity contribution in [1.82, 2.24) is 19.9 Å². The molecule has 6 nitrogen and oxygen atoms in total. The van der Waals surface area contributed by atoms with Crippen LogP contribution in [0, 0.1) is 0 Å². The number of anilines is 2. The number of hydrogen-bond donors (Lipinski definition) is 2. The summed E-state index contributed by atoms with van der Waals surface area (Å²) in [6, 6.07) is 22.2. The number of nitrogens with one attached hydrogen (secondary N) is 2. The van der Waals surface area contributed by atoms with E-state index in [4.69, 9.17) is 49.5 Å². The van der Waals surface area contributed by atoms with E-state index in [0.717, 1.165) is 17.0 Å². The van der Waals surface area contributed by atoms with E-state index in [-0.39, 0.29) is 0 Å². The van der Waals surface area contributed by atoms with Gasteiger partial charge in [0.25, 0.3) is 0 Å². The van der Waals surface area contributed by atoms with E-state index in [1.54, 1.807) is 24.4 Å². The average molecular weight is 537 g/mol. The lowest BCUT2D eigenvalue weighted by Crippen LogP contribution is -1.99. The maximum atomic E-state index is 6.48. The molecule has 0 bridgehead atoms. The molecule has 0 saturated heterocycles. The lowest BCUT2D eigenvalue weighted by Gasteiger charge is -2.08. The highest BCUT2D eigenvalue weighted by Crippen LogP contribution is 2.38. The van der Waals surface area contributed by atoms with E-state index in [2.05, 4.69) is 15.3 Å². The van der Waals surface area contributed by atoms with Crippen LogP contribution in [0.5, 0.6) is 5.75 Å². The quantitative estimate of drug-likeness (QED) is 0.219. The van der Waals surface area contributed by atoms with Gasteiger partial charge in [-0.05, 0) is 61.5 Å². The van der Waals surface area contributed by atoms with E-state index in [0.29, 0.717) is 56.1 Å². The summed E-state index contributed by atoms with van der Waals surface area (Å²) in [5.74, 6) is 1.77. The van der Waals surface area contributed by atoms with Crippen molar-refractivity contribution in [3.8, 4) is 39.8 Å². The molecule has 0 aliphatic rings. The molecular formula is C27H20Cl3N5O. The molecule has 0 fully saturated rings. The Balaban J connectivity index is 1.56. The summed E-state index contributed by atoms with van der Waals surface area (Å²) in [4.78, 5) is 17.3. The Morgan fingerprint density at radius 1 is 0.861 bits per heavy atom. The second-order valence-electron chi connectivity index (χ2n) is 7.76. The summed E-state index contributed by atoms with van der Waals surface area (Å²) in [7, 11) is 0. The molecule has 2 aromatic heterocycles. The molecular weight excluding hydrogens is 517 g/mol. The highest BCUT2D eigenvalue weighted by Gasteiger charge is 2.20. The van der Waals surface area contributed by atoms with Crippen LogP contribution < -0.4 is 10.1 Å². The second kappa shape index (κ2) is 10.6. The molecule has 36 heavy (non-hydrogen) atoms. The normalized spacial score (nSPS) is 10.9. The summed E-state index contributed by atoms with van der Waals surface area (Å²) < 4.78 is 5.51. The third kappa shape index (κ3) is 5.16. The van der Waals surface area contributed by atoms with Gasteiger partial charge in [-0.2, -0.15) is 0 Å². The topological polar surface area (TPSA) is 75.7 Å². The minimum atomic E-state index is 0.436. The first-order valence-electron chi connectivity index (χ1n) is 11.2. The van der Waals surface area contributed by atoms with Gasteiger partial charge in [0.2, 0.25) is 5.95 Å². The van der Waals surface area contributed by atoms with Gasteiger partial charge >= 0.3 is 0 Å². The molecule has 0 radical (unpaired) electrons. The Kier molecular flexibility index (Phi) is 7.09. The van der Waals surface area contributed by atoms with E-state index in [1.165, 1.54) is 0 Å². The number of H-pyrrole nitrogens is 1. The van der Waals surface area contributed by atoms with Gasteiger partial charge in [-0.25, -0.2) is 15.0 Å². The summed E-state index contributed by atoms with van der Waals surface area (Å²) in [6.45, 7) is 2.56. The fourth-order valence-corrected chi connectivity index (χ4v) is 4.41. The van der Waals surface area contributed by atoms with Crippen LogP contribution in [0.25, 0.3) is 34.0 Å². The molecule has 9 heteroatoms. The Labute approximate surface area is 223 Å². The van der Waals surface area contributed by atoms with Crippen molar-refractivity contribution in [1.29, 1.82) is 0 Å². The molecule has 0 saturated carbocycles. The van der Waals surface area contributed by atoms with E-state index < -0.39 is 0 Å². The number of ether oxygens (including phenoxy) is 1. The van der Waals surface area contributed by atoms with Gasteiger partial charge in [0, 0.05) is 22.5 Å². The second-order valence-corrected chi connectivity index (χ2v) is 9.01. The molecule has 0 atom stereocenters. The van der Waals surface area contributed by atoms with Crippen molar-refractivity contribution in [2.45, 2.75) is 6.92 Å². The number of nitrogens with zero attached hydrogens (tertiary/aromatic N) is 3. The monoisotopic (exact) mass is 535 g/mol. The highest BCUT2D eigenvalue weighted by atomic mass is 35.5. The summed E-state index contributed by atoms with van der Waals surface area (Å²) in [6.07, 6.45) is 1.69. The van der Waals surface area contributed by atoms with Crippen molar-refractivity contribution in [3.63, 3.8) is 0 Å². The van der Waals surface area contributed by atoms with Crippen LogP contribution in [-0.4, -0.2) is 26.5 Å². The van der Waals surface area contributed by atoms with Gasteiger partial charge < -0.3 is 15.0 Å². The Morgan fingerprint density at radius 3 is 2.28 bits per heavy atom. The largest absolute Gasteiger partial charge is 0.494 e. The first kappa shape index (κ1) is 24.1. The number of halogens is 3. The van der Waals surface area contributed by atoms with Gasteiger partial charge in [-0.3, -0.25) is 0 Å². The van der Waals surface area contributed by atoms with Crippen LogP contribution in [0.2, 0.25) is 15.1 Å². The molecule has 0 aliphatic heterocycles. The predicted molar refractivity (Wildman–Crippen MR) is 146 cm³/mol. The molecule has 3 aromatic carbocycles. The number of aromatic amines is 1. The number of aromatic nitrogens is 4. The number of rotatable bonds is 7. The maximum absolute atomic E-state index is 6.48. The predicted octanol–water partition coefficient (Wildman–Crippen LogP) is 8.30. The molecule has 5 rings (SSSR count). The highest BCUT2D eigenvalue weighted by molar-refractivity contribution is 6.39. The maximum Gasteiger partial charge on any atom is 0.227 e. The van der Waals surface area contributed by atoms with Crippen LogP contribution >= 0.6 is 34.8 Å².